The molecule has 4 rings (SSSR count). The molecule has 1 aliphatic rings. The number of hydrogen-bond donors (Lipinski definition) is 5. The third-order valence-electron chi connectivity index (χ3n) is 5.04. The van der Waals surface area contributed by atoms with Crippen LogP contribution in [0, 0.1) is 11.3 Å². The molecule has 0 aliphatic carbocycles. The fourth-order valence-corrected chi connectivity index (χ4v) is 3.72. The van der Waals surface area contributed by atoms with Gasteiger partial charge in [-0.2, -0.15) is 5.10 Å². The summed E-state index contributed by atoms with van der Waals surface area (Å²) in [6.45, 7) is 6.47. The number of aromatic nitrogens is 2. The highest BCUT2D eigenvalue weighted by atomic mass is 32.1. The predicted molar refractivity (Wildman–Crippen MR) is 124 cm³/mol. The molecule has 152 valence electrons. The van der Waals surface area contributed by atoms with Crippen LogP contribution in [0.1, 0.15) is 25.8 Å². The van der Waals surface area contributed by atoms with Crippen molar-refractivity contribution in [2.75, 3.05) is 18.4 Å². The number of H-pyrrole nitrogens is 1. The Labute approximate surface area is 178 Å². The third kappa shape index (κ3) is 6.21. The Morgan fingerprint density at radius 1 is 1.21 bits per heavy atom. The molecule has 4 N–H and O–H groups in total. The van der Waals surface area contributed by atoms with E-state index in [0.717, 1.165) is 40.4 Å². The van der Waals surface area contributed by atoms with Crippen molar-refractivity contribution in [1.29, 1.82) is 5.41 Å². The van der Waals surface area contributed by atoms with E-state index in [-0.39, 0.29) is 5.54 Å². The Balaban J connectivity index is 0.000000290. The van der Waals surface area contributed by atoms with E-state index in [2.05, 4.69) is 59.4 Å². The molecule has 0 radical (unpaired) electrons. The quantitative estimate of drug-likeness (QED) is 0.310. The van der Waals surface area contributed by atoms with E-state index >= 15 is 0 Å². The Bertz CT molecular complexity index is 906. The van der Waals surface area contributed by atoms with Crippen molar-refractivity contribution in [3.8, 4) is 11.1 Å². The van der Waals surface area contributed by atoms with Gasteiger partial charge in [0.1, 0.15) is 0 Å². The van der Waals surface area contributed by atoms with Crippen LogP contribution >= 0.6 is 12.6 Å². The second kappa shape index (κ2) is 9.76. The van der Waals surface area contributed by atoms with Crippen LogP contribution in [-0.4, -0.2) is 35.0 Å². The fourth-order valence-electron chi connectivity index (χ4n) is 3.54. The average molecular weight is 408 g/mol. The molecule has 0 bridgehead atoms. The van der Waals surface area contributed by atoms with Gasteiger partial charge in [-0.1, -0.05) is 24.3 Å². The first-order valence-corrected chi connectivity index (χ1v) is 10.3. The number of rotatable bonds is 5. The number of nitrogens with zero attached hydrogens (tertiary/aromatic N) is 1. The maximum Gasteiger partial charge on any atom is 0.0565 e. The van der Waals surface area contributed by atoms with Crippen LogP contribution in [0.5, 0.6) is 0 Å². The van der Waals surface area contributed by atoms with Gasteiger partial charge in [-0.25, -0.2) is 0 Å². The van der Waals surface area contributed by atoms with Crippen LogP contribution in [-0.2, 0) is 0 Å². The predicted octanol–water partition coefficient (Wildman–Crippen LogP) is 4.85. The van der Waals surface area contributed by atoms with Gasteiger partial charge in [0.15, 0.2) is 0 Å². The second-order valence-corrected chi connectivity index (χ2v) is 8.50. The van der Waals surface area contributed by atoms with Gasteiger partial charge >= 0.3 is 0 Å². The minimum atomic E-state index is 0.238. The lowest BCUT2D eigenvalue weighted by Gasteiger charge is -2.18. The molecule has 1 saturated heterocycles. The van der Waals surface area contributed by atoms with E-state index < -0.39 is 0 Å². The van der Waals surface area contributed by atoms with Crippen LogP contribution in [0.25, 0.3) is 11.1 Å². The number of nitrogens with one attached hydrogen (secondary N) is 4. The largest absolute Gasteiger partial charge is 0.384 e. The molecule has 0 spiro atoms. The topological polar surface area (TPSA) is 76.6 Å². The van der Waals surface area contributed by atoms with Gasteiger partial charge in [0.2, 0.25) is 0 Å². The van der Waals surface area contributed by atoms with Crippen LogP contribution in [0.2, 0.25) is 0 Å². The SMILES string of the molecule is CC1(C)CC(CNc2ccc(-c3cn[nH]c3)cc2C=N)CN1.Sc1ccccc1. The number of benzene rings is 2. The highest BCUT2D eigenvalue weighted by Crippen LogP contribution is 2.26. The molecule has 1 aromatic heterocycles. The maximum absolute atomic E-state index is 7.66. The molecule has 0 saturated carbocycles. The van der Waals surface area contributed by atoms with Crippen molar-refractivity contribution >= 4 is 24.5 Å². The number of thiol groups is 1. The van der Waals surface area contributed by atoms with Gasteiger partial charge in [0.25, 0.3) is 0 Å². The zero-order valence-corrected chi connectivity index (χ0v) is 17.8. The summed E-state index contributed by atoms with van der Waals surface area (Å²) in [5.41, 5.74) is 4.27. The van der Waals surface area contributed by atoms with Crippen LogP contribution < -0.4 is 10.6 Å². The zero-order chi connectivity index (χ0) is 20.7. The highest BCUT2D eigenvalue weighted by molar-refractivity contribution is 7.80. The molecule has 2 heterocycles. The Hall–Kier alpha value is -2.57. The Morgan fingerprint density at radius 2 is 2.00 bits per heavy atom. The van der Waals surface area contributed by atoms with Gasteiger partial charge in [-0.15, -0.1) is 12.6 Å². The summed E-state index contributed by atoms with van der Waals surface area (Å²) < 4.78 is 0. The summed E-state index contributed by atoms with van der Waals surface area (Å²) >= 11 is 4.08. The second-order valence-electron chi connectivity index (χ2n) is 7.98. The summed E-state index contributed by atoms with van der Waals surface area (Å²) in [4.78, 5) is 1.02. The number of anilines is 1. The fraction of sp³-hybridized carbons (Fsp3) is 0.304. The lowest BCUT2D eigenvalue weighted by atomic mass is 9.97. The molecule has 5 nitrogen and oxygen atoms in total. The minimum Gasteiger partial charge on any atom is -0.384 e. The molecule has 0 amide bonds. The van der Waals surface area contributed by atoms with Crippen LogP contribution in [0.3, 0.4) is 0 Å². The summed E-state index contributed by atoms with van der Waals surface area (Å²) in [6, 6.07) is 15.9. The third-order valence-corrected chi connectivity index (χ3v) is 5.34. The van der Waals surface area contributed by atoms with Crippen molar-refractivity contribution in [2.24, 2.45) is 5.92 Å². The molecule has 1 fully saturated rings. The van der Waals surface area contributed by atoms with Crippen molar-refractivity contribution < 1.29 is 0 Å². The molecule has 6 heteroatoms. The van der Waals surface area contributed by atoms with E-state index in [1.165, 1.54) is 12.6 Å². The molecular weight excluding hydrogens is 378 g/mol. The molecule has 1 unspecified atom stereocenters. The van der Waals surface area contributed by atoms with E-state index in [1.54, 1.807) is 6.20 Å². The first-order valence-electron chi connectivity index (χ1n) is 9.83. The Kier molecular flexibility index (Phi) is 7.12. The van der Waals surface area contributed by atoms with Gasteiger partial charge in [0.05, 0.1) is 6.20 Å². The zero-order valence-electron chi connectivity index (χ0n) is 16.9. The van der Waals surface area contributed by atoms with E-state index in [0.29, 0.717) is 5.92 Å². The summed E-state index contributed by atoms with van der Waals surface area (Å²) in [5.74, 6) is 0.627. The molecule has 3 aromatic rings. The molecular formula is C23H29N5S. The smallest absolute Gasteiger partial charge is 0.0565 e. The van der Waals surface area contributed by atoms with E-state index in [9.17, 15) is 0 Å². The summed E-state index contributed by atoms with van der Waals surface area (Å²) in [6.07, 6.45) is 6.24. The lowest BCUT2D eigenvalue weighted by molar-refractivity contribution is 0.445. The summed E-state index contributed by atoms with van der Waals surface area (Å²) in [5, 5.41) is 21.5. The number of aromatic amines is 1. The van der Waals surface area contributed by atoms with Gasteiger partial charge in [0, 0.05) is 52.7 Å². The molecule has 29 heavy (non-hydrogen) atoms. The first kappa shape index (κ1) is 21.1. The van der Waals surface area contributed by atoms with E-state index in [4.69, 9.17) is 5.41 Å². The van der Waals surface area contributed by atoms with E-state index in [1.807, 2.05) is 42.6 Å². The highest BCUT2D eigenvalue weighted by Gasteiger charge is 2.29. The van der Waals surface area contributed by atoms with Crippen molar-refractivity contribution in [1.82, 2.24) is 15.5 Å². The average Bonchev–Trinajstić information content (AvgIpc) is 3.37. The van der Waals surface area contributed by atoms with Crippen molar-refractivity contribution in [2.45, 2.75) is 30.7 Å². The van der Waals surface area contributed by atoms with Crippen LogP contribution in [0.4, 0.5) is 5.69 Å². The minimum absolute atomic E-state index is 0.238. The lowest BCUT2D eigenvalue weighted by Crippen LogP contribution is -2.31. The maximum atomic E-state index is 7.66. The number of hydrogen-bond acceptors (Lipinski definition) is 5. The Morgan fingerprint density at radius 3 is 2.55 bits per heavy atom. The van der Waals surface area contributed by atoms with Gasteiger partial charge in [-0.3, -0.25) is 5.10 Å². The summed E-state index contributed by atoms with van der Waals surface area (Å²) in [7, 11) is 0. The first-order chi connectivity index (χ1) is 14.0. The van der Waals surface area contributed by atoms with Gasteiger partial charge < -0.3 is 16.0 Å². The molecule has 2 aromatic carbocycles. The normalized spacial score (nSPS) is 17.3. The van der Waals surface area contributed by atoms with Crippen molar-refractivity contribution in [3.05, 3.63) is 66.5 Å². The monoisotopic (exact) mass is 407 g/mol. The molecule has 1 aliphatic heterocycles. The molecule has 1 atom stereocenters. The van der Waals surface area contributed by atoms with Crippen LogP contribution in [0.15, 0.2) is 65.8 Å². The van der Waals surface area contributed by atoms with Gasteiger partial charge in [-0.05, 0) is 56.0 Å². The standard InChI is InChI=1S/C17H23N5.C6H6S/c1-17(2)6-12(9-20-17)8-19-16-4-3-13(5-14(16)7-18)15-10-21-22-11-15;7-6-4-2-1-3-5-6/h3-5,7,10-12,18-20H,6,8-9H2,1-2H3,(H,21,22);1-5,7H. The van der Waals surface area contributed by atoms with Crippen molar-refractivity contribution in [3.63, 3.8) is 0 Å².